The molecule has 0 N–H and O–H groups in total. The summed E-state index contributed by atoms with van der Waals surface area (Å²) in [7, 11) is 0. The molecular formula is C27H20BrO2. The van der Waals surface area contributed by atoms with Crippen LogP contribution < -0.4 is 0 Å². The molecule has 3 aromatic carbocycles. The molecule has 0 heterocycles. The minimum absolute atomic E-state index is 0.108. The third kappa shape index (κ3) is 4.74. The smallest absolute Gasteiger partial charge is 0.167 e. The molecular weight excluding hydrogens is 436 g/mol. The Morgan fingerprint density at radius 3 is 2.00 bits per heavy atom. The second kappa shape index (κ2) is 9.19. The third-order valence-electron chi connectivity index (χ3n) is 5.10. The number of allylic oxidation sites excluding steroid dienone is 4. The van der Waals surface area contributed by atoms with Crippen molar-refractivity contribution in [3.63, 3.8) is 0 Å². The first-order valence-electron chi connectivity index (χ1n) is 9.82. The zero-order valence-corrected chi connectivity index (χ0v) is 17.9. The van der Waals surface area contributed by atoms with Gasteiger partial charge in [0, 0.05) is 22.9 Å². The Morgan fingerprint density at radius 2 is 1.40 bits per heavy atom. The third-order valence-corrected chi connectivity index (χ3v) is 5.63. The molecule has 3 heteroatoms. The number of carbonyl (C=O) groups excluding carboxylic acids is 2. The highest BCUT2D eigenvalue weighted by Crippen LogP contribution is 2.34. The molecule has 147 valence electrons. The average molecular weight is 456 g/mol. The van der Waals surface area contributed by atoms with Gasteiger partial charge in [-0.1, -0.05) is 94.8 Å². The van der Waals surface area contributed by atoms with Crippen LogP contribution in [-0.2, 0) is 11.2 Å². The van der Waals surface area contributed by atoms with Crippen molar-refractivity contribution in [2.24, 2.45) is 0 Å². The lowest BCUT2D eigenvalue weighted by atomic mass is 9.82. The van der Waals surface area contributed by atoms with Crippen LogP contribution in [0.5, 0.6) is 0 Å². The number of hydrogen-bond acceptors (Lipinski definition) is 2. The van der Waals surface area contributed by atoms with Gasteiger partial charge >= 0.3 is 0 Å². The molecule has 0 fully saturated rings. The quantitative estimate of drug-likeness (QED) is 0.408. The second-order valence-corrected chi connectivity index (χ2v) is 8.12. The molecule has 4 rings (SSSR count). The zero-order valence-electron chi connectivity index (χ0n) is 16.3. The van der Waals surface area contributed by atoms with E-state index in [1.807, 2.05) is 66.7 Å². The number of rotatable bonds is 6. The summed E-state index contributed by atoms with van der Waals surface area (Å²) < 4.78 is 1.02. The monoisotopic (exact) mass is 455 g/mol. The first kappa shape index (κ1) is 20.2. The van der Waals surface area contributed by atoms with Crippen LogP contribution in [0.15, 0.2) is 107 Å². The summed E-state index contributed by atoms with van der Waals surface area (Å²) in [5.74, 6) is 1.30. The van der Waals surface area contributed by atoms with Crippen molar-refractivity contribution in [3.8, 4) is 0 Å². The van der Waals surface area contributed by atoms with Gasteiger partial charge in [-0.05, 0) is 40.5 Å². The van der Waals surface area contributed by atoms with E-state index >= 15 is 0 Å². The van der Waals surface area contributed by atoms with Gasteiger partial charge in [0.15, 0.2) is 11.6 Å². The Kier molecular flexibility index (Phi) is 6.20. The van der Waals surface area contributed by atoms with E-state index in [9.17, 15) is 9.59 Å². The average Bonchev–Trinajstić information content (AvgIpc) is 2.78. The summed E-state index contributed by atoms with van der Waals surface area (Å²) in [6, 6.07) is 25.6. The Hall–Kier alpha value is -3.04. The van der Waals surface area contributed by atoms with Crippen molar-refractivity contribution < 1.29 is 9.59 Å². The molecule has 0 aliphatic heterocycles. The fraction of sp³-hybridized carbons (Fsp3) is 0.0741. The van der Waals surface area contributed by atoms with Gasteiger partial charge in [-0.3, -0.25) is 9.59 Å². The number of benzene rings is 3. The van der Waals surface area contributed by atoms with Crippen LogP contribution in [0.2, 0.25) is 0 Å². The topological polar surface area (TPSA) is 34.1 Å². The zero-order chi connectivity index (χ0) is 20.9. The Morgan fingerprint density at radius 1 is 0.767 bits per heavy atom. The predicted molar refractivity (Wildman–Crippen MR) is 123 cm³/mol. The summed E-state index contributed by atoms with van der Waals surface area (Å²) in [6.07, 6.45) is 6.29. The number of carbonyl (C=O) groups is 2. The van der Waals surface area contributed by atoms with Gasteiger partial charge < -0.3 is 0 Å². The van der Waals surface area contributed by atoms with Gasteiger partial charge in [0.1, 0.15) is 0 Å². The largest absolute Gasteiger partial charge is 0.295 e. The molecule has 0 aromatic heterocycles. The summed E-state index contributed by atoms with van der Waals surface area (Å²) >= 11 is 3.49. The van der Waals surface area contributed by atoms with Crippen LogP contribution in [0.4, 0.5) is 0 Å². The molecule has 0 spiro atoms. The van der Waals surface area contributed by atoms with Gasteiger partial charge in [-0.2, -0.15) is 0 Å². The van der Waals surface area contributed by atoms with Crippen molar-refractivity contribution in [2.45, 2.75) is 12.8 Å². The highest BCUT2D eigenvalue weighted by atomic mass is 79.9. The Balaban J connectivity index is 1.61. The molecule has 0 amide bonds. The first-order valence-corrected chi connectivity index (χ1v) is 10.6. The van der Waals surface area contributed by atoms with Gasteiger partial charge in [-0.15, -0.1) is 0 Å². The number of hydrogen-bond donors (Lipinski definition) is 0. The fourth-order valence-corrected chi connectivity index (χ4v) is 3.80. The number of Topliss-reactive ketones (excluding diaryl/α,β-unsaturated/α-hetero) is 1. The van der Waals surface area contributed by atoms with Crippen LogP contribution in [-0.4, -0.2) is 11.6 Å². The van der Waals surface area contributed by atoms with Crippen LogP contribution >= 0.6 is 15.9 Å². The standard InChI is InChI=1S/C27H20BrO2/c28-24-14-10-22(11-15-24)27(23-12-16-25(29)17-13-23)21-8-6-19(7-9-21)18-26(30)20-4-2-1-3-5-20/h1-16H,17-18H2. The predicted octanol–water partition coefficient (Wildman–Crippen LogP) is 6.30. The van der Waals surface area contributed by atoms with E-state index in [1.54, 1.807) is 6.08 Å². The lowest BCUT2D eigenvalue weighted by Crippen LogP contribution is -2.09. The Bertz CT molecular complexity index is 1110. The molecule has 30 heavy (non-hydrogen) atoms. The van der Waals surface area contributed by atoms with E-state index in [2.05, 4.69) is 40.2 Å². The SMILES string of the molecule is O=C1C=CC([C](c2ccc(Br)cc2)c2ccc(CC(=O)c3ccccc3)cc2)=CC1. The van der Waals surface area contributed by atoms with E-state index in [-0.39, 0.29) is 11.6 Å². The normalized spacial score (nSPS) is 13.4. The molecule has 0 saturated heterocycles. The van der Waals surface area contributed by atoms with Crippen molar-refractivity contribution in [3.05, 3.63) is 135 Å². The highest BCUT2D eigenvalue weighted by Gasteiger charge is 2.21. The van der Waals surface area contributed by atoms with Gasteiger partial charge in [-0.25, -0.2) is 0 Å². The van der Waals surface area contributed by atoms with Gasteiger partial charge in [0.05, 0.1) is 5.92 Å². The fourth-order valence-electron chi connectivity index (χ4n) is 3.53. The summed E-state index contributed by atoms with van der Waals surface area (Å²) in [6.45, 7) is 0. The highest BCUT2D eigenvalue weighted by molar-refractivity contribution is 9.10. The van der Waals surface area contributed by atoms with Crippen LogP contribution in [0.3, 0.4) is 0 Å². The van der Waals surface area contributed by atoms with Crippen molar-refractivity contribution in [1.82, 2.24) is 0 Å². The molecule has 0 unspecified atom stereocenters. The Labute approximate surface area is 185 Å². The minimum atomic E-state index is 0.108. The summed E-state index contributed by atoms with van der Waals surface area (Å²) in [4.78, 5) is 24.1. The van der Waals surface area contributed by atoms with Crippen LogP contribution in [0.25, 0.3) is 0 Å². The van der Waals surface area contributed by atoms with Crippen molar-refractivity contribution in [1.29, 1.82) is 0 Å². The number of ketones is 2. The van der Waals surface area contributed by atoms with Gasteiger partial charge in [0.2, 0.25) is 0 Å². The molecule has 1 aliphatic carbocycles. The molecule has 0 atom stereocenters. The summed E-state index contributed by atoms with van der Waals surface area (Å²) in [5, 5.41) is 0. The minimum Gasteiger partial charge on any atom is -0.295 e. The lowest BCUT2D eigenvalue weighted by Gasteiger charge is -2.21. The van der Waals surface area contributed by atoms with E-state index in [0.717, 1.165) is 38.2 Å². The molecule has 2 nitrogen and oxygen atoms in total. The van der Waals surface area contributed by atoms with Gasteiger partial charge in [0.25, 0.3) is 0 Å². The maximum absolute atomic E-state index is 12.5. The second-order valence-electron chi connectivity index (χ2n) is 7.21. The first-order chi connectivity index (χ1) is 14.6. The lowest BCUT2D eigenvalue weighted by molar-refractivity contribution is -0.113. The van der Waals surface area contributed by atoms with E-state index in [1.165, 1.54) is 0 Å². The molecule has 0 bridgehead atoms. The molecule has 3 aromatic rings. The van der Waals surface area contributed by atoms with Crippen LogP contribution in [0.1, 0.15) is 33.5 Å². The number of halogens is 1. The maximum atomic E-state index is 12.5. The van der Waals surface area contributed by atoms with Crippen molar-refractivity contribution in [2.75, 3.05) is 0 Å². The van der Waals surface area contributed by atoms with E-state index in [0.29, 0.717) is 12.8 Å². The van der Waals surface area contributed by atoms with E-state index < -0.39 is 0 Å². The summed E-state index contributed by atoms with van der Waals surface area (Å²) in [5.41, 5.74) is 4.87. The van der Waals surface area contributed by atoms with E-state index in [4.69, 9.17) is 0 Å². The van der Waals surface area contributed by atoms with Crippen molar-refractivity contribution >= 4 is 27.5 Å². The molecule has 1 aliphatic rings. The molecule has 1 radical (unpaired) electrons. The molecule has 0 saturated carbocycles. The maximum Gasteiger partial charge on any atom is 0.167 e. The van der Waals surface area contributed by atoms with Crippen LogP contribution in [0, 0.1) is 5.92 Å².